The van der Waals surface area contributed by atoms with Gasteiger partial charge in [-0.15, -0.1) is 11.3 Å². The molecule has 2 nitrogen and oxygen atoms in total. The van der Waals surface area contributed by atoms with Gasteiger partial charge < -0.3 is 5.32 Å². The van der Waals surface area contributed by atoms with Crippen LogP contribution in [-0.4, -0.2) is 11.9 Å². The van der Waals surface area contributed by atoms with Gasteiger partial charge in [-0.1, -0.05) is 6.92 Å². The lowest BCUT2D eigenvalue weighted by molar-refractivity contribution is -0.117. The highest BCUT2D eigenvalue weighted by Crippen LogP contribution is 2.16. The summed E-state index contributed by atoms with van der Waals surface area (Å²) in [4.78, 5) is 12.6. The molecule has 0 radical (unpaired) electrons. The Kier molecular flexibility index (Phi) is 4.56. The van der Waals surface area contributed by atoms with E-state index >= 15 is 0 Å². The van der Waals surface area contributed by atoms with E-state index in [2.05, 4.69) is 18.3 Å². The van der Waals surface area contributed by atoms with Gasteiger partial charge in [0.1, 0.15) is 0 Å². The van der Waals surface area contributed by atoms with Crippen molar-refractivity contribution in [1.29, 1.82) is 0 Å². The van der Waals surface area contributed by atoms with Crippen molar-refractivity contribution < 1.29 is 4.79 Å². The second-order valence-electron chi connectivity index (χ2n) is 3.62. The van der Waals surface area contributed by atoms with Crippen LogP contribution in [0.25, 0.3) is 6.08 Å². The number of hydrogen-bond donors (Lipinski definition) is 1. The molecule has 1 heterocycles. The summed E-state index contributed by atoms with van der Waals surface area (Å²) in [5, 5.41) is 4.92. The van der Waals surface area contributed by atoms with Crippen LogP contribution in [0.1, 0.15) is 30.7 Å². The number of amides is 1. The zero-order valence-corrected chi connectivity index (χ0v) is 10.2. The first-order valence-corrected chi connectivity index (χ1v) is 6.04. The van der Waals surface area contributed by atoms with E-state index in [1.807, 2.05) is 25.3 Å². The van der Waals surface area contributed by atoms with Crippen LogP contribution < -0.4 is 5.32 Å². The van der Waals surface area contributed by atoms with E-state index in [-0.39, 0.29) is 11.9 Å². The standard InChI is InChI=1S/C12H17NOS/c1-4-10(3)13-12(14)6-5-11-9(2)7-8-15-11/h5-8,10H,4H2,1-3H3,(H,13,14)/b6-5+/t10-/m0/s1. The van der Waals surface area contributed by atoms with E-state index in [0.29, 0.717) is 0 Å². The van der Waals surface area contributed by atoms with Gasteiger partial charge in [0.15, 0.2) is 0 Å². The molecular weight excluding hydrogens is 206 g/mol. The van der Waals surface area contributed by atoms with Crippen molar-refractivity contribution in [2.75, 3.05) is 0 Å². The molecule has 0 saturated heterocycles. The van der Waals surface area contributed by atoms with Gasteiger partial charge in [-0.05, 0) is 43.4 Å². The Hall–Kier alpha value is -1.09. The van der Waals surface area contributed by atoms with E-state index in [4.69, 9.17) is 0 Å². The zero-order valence-electron chi connectivity index (χ0n) is 9.41. The maximum atomic E-state index is 11.4. The summed E-state index contributed by atoms with van der Waals surface area (Å²) < 4.78 is 0. The molecule has 0 spiro atoms. The number of nitrogens with one attached hydrogen (secondary N) is 1. The van der Waals surface area contributed by atoms with Crippen molar-refractivity contribution in [2.24, 2.45) is 0 Å². The molecule has 15 heavy (non-hydrogen) atoms. The van der Waals surface area contributed by atoms with Gasteiger partial charge in [0.05, 0.1) is 0 Å². The number of hydrogen-bond acceptors (Lipinski definition) is 2. The molecule has 82 valence electrons. The van der Waals surface area contributed by atoms with Gasteiger partial charge in [-0.3, -0.25) is 4.79 Å². The van der Waals surface area contributed by atoms with Crippen LogP contribution in [-0.2, 0) is 4.79 Å². The predicted molar refractivity (Wildman–Crippen MR) is 66.0 cm³/mol. The van der Waals surface area contributed by atoms with Crippen LogP contribution in [0.4, 0.5) is 0 Å². The van der Waals surface area contributed by atoms with Gasteiger partial charge in [0, 0.05) is 17.0 Å². The van der Waals surface area contributed by atoms with Gasteiger partial charge in [-0.25, -0.2) is 0 Å². The Morgan fingerprint density at radius 2 is 2.40 bits per heavy atom. The summed E-state index contributed by atoms with van der Waals surface area (Å²) in [5.74, 6) is -0.0165. The van der Waals surface area contributed by atoms with Crippen molar-refractivity contribution in [3.63, 3.8) is 0 Å². The lowest BCUT2D eigenvalue weighted by atomic mass is 10.2. The molecule has 1 aromatic rings. The lowest BCUT2D eigenvalue weighted by Gasteiger charge is -2.08. The third-order valence-corrected chi connectivity index (χ3v) is 3.27. The molecule has 0 aliphatic carbocycles. The van der Waals surface area contributed by atoms with E-state index in [9.17, 15) is 4.79 Å². The van der Waals surface area contributed by atoms with Gasteiger partial charge in [-0.2, -0.15) is 0 Å². The van der Waals surface area contributed by atoms with Gasteiger partial charge in [0.2, 0.25) is 5.91 Å². The number of thiophene rings is 1. The monoisotopic (exact) mass is 223 g/mol. The minimum Gasteiger partial charge on any atom is -0.350 e. The van der Waals surface area contributed by atoms with Crippen molar-refractivity contribution in [3.05, 3.63) is 28.0 Å². The molecule has 0 bridgehead atoms. The van der Waals surface area contributed by atoms with Crippen LogP contribution in [0.3, 0.4) is 0 Å². The maximum absolute atomic E-state index is 11.4. The van der Waals surface area contributed by atoms with E-state index < -0.39 is 0 Å². The fraction of sp³-hybridized carbons (Fsp3) is 0.417. The third kappa shape index (κ3) is 3.88. The SMILES string of the molecule is CC[C@H](C)NC(=O)/C=C/c1sccc1C. The smallest absolute Gasteiger partial charge is 0.244 e. The first-order valence-electron chi connectivity index (χ1n) is 5.16. The fourth-order valence-corrected chi connectivity index (χ4v) is 1.92. The number of carbonyl (C=O) groups is 1. The Labute approximate surface area is 95.0 Å². The highest BCUT2D eigenvalue weighted by molar-refractivity contribution is 7.11. The Bertz CT molecular complexity index is 354. The Balaban J connectivity index is 2.51. The van der Waals surface area contributed by atoms with Crippen molar-refractivity contribution in [3.8, 4) is 0 Å². The van der Waals surface area contributed by atoms with Crippen molar-refractivity contribution >= 4 is 23.3 Å². The first-order chi connectivity index (χ1) is 7.13. The molecule has 0 fully saturated rings. The first kappa shape index (κ1) is 12.0. The number of rotatable bonds is 4. The maximum Gasteiger partial charge on any atom is 0.244 e. The largest absolute Gasteiger partial charge is 0.350 e. The molecule has 0 unspecified atom stereocenters. The highest BCUT2D eigenvalue weighted by Gasteiger charge is 2.01. The Morgan fingerprint density at radius 1 is 1.67 bits per heavy atom. The second-order valence-corrected chi connectivity index (χ2v) is 4.57. The molecule has 1 atom stereocenters. The summed E-state index contributed by atoms with van der Waals surface area (Å²) in [6.45, 7) is 6.10. The molecule has 0 aromatic carbocycles. The van der Waals surface area contributed by atoms with Gasteiger partial charge >= 0.3 is 0 Å². The minimum atomic E-state index is -0.0165. The van der Waals surface area contributed by atoms with Crippen LogP contribution in [0.15, 0.2) is 17.5 Å². The third-order valence-electron chi connectivity index (χ3n) is 2.29. The van der Waals surface area contributed by atoms with E-state index in [1.54, 1.807) is 17.4 Å². The zero-order chi connectivity index (χ0) is 11.3. The number of aryl methyl sites for hydroxylation is 1. The summed E-state index contributed by atoms with van der Waals surface area (Å²) in [5.41, 5.74) is 1.22. The van der Waals surface area contributed by atoms with Crippen LogP contribution in [0, 0.1) is 6.92 Å². The molecule has 0 aliphatic rings. The highest BCUT2D eigenvalue weighted by atomic mass is 32.1. The Morgan fingerprint density at radius 3 is 2.93 bits per heavy atom. The summed E-state index contributed by atoms with van der Waals surface area (Å²) in [6.07, 6.45) is 4.43. The summed E-state index contributed by atoms with van der Waals surface area (Å²) >= 11 is 1.65. The lowest BCUT2D eigenvalue weighted by Crippen LogP contribution is -2.30. The minimum absolute atomic E-state index is 0.0165. The molecule has 1 amide bonds. The predicted octanol–water partition coefficient (Wildman–Crippen LogP) is 2.98. The van der Waals surface area contributed by atoms with Crippen LogP contribution in [0.5, 0.6) is 0 Å². The molecule has 0 saturated carbocycles. The fourth-order valence-electron chi connectivity index (χ4n) is 1.10. The molecule has 1 N–H and O–H groups in total. The molecule has 0 aliphatic heterocycles. The van der Waals surface area contributed by atoms with E-state index in [1.165, 1.54) is 5.56 Å². The summed E-state index contributed by atoms with van der Waals surface area (Å²) in [6, 6.07) is 2.29. The normalized spacial score (nSPS) is 13.0. The molecule has 1 aromatic heterocycles. The van der Waals surface area contributed by atoms with Crippen LogP contribution in [0.2, 0.25) is 0 Å². The topological polar surface area (TPSA) is 29.1 Å². The number of carbonyl (C=O) groups excluding carboxylic acids is 1. The van der Waals surface area contributed by atoms with Crippen LogP contribution >= 0.6 is 11.3 Å². The summed E-state index contributed by atoms with van der Waals surface area (Å²) in [7, 11) is 0. The molecule has 1 rings (SSSR count). The molecular formula is C12H17NOS. The van der Waals surface area contributed by atoms with Crippen molar-refractivity contribution in [1.82, 2.24) is 5.32 Å². The molecule has 3 heteroatoms. The second kappa shape index (κ2) is 5.71. The average Bonchev–Trinajstić information content (AvgIpc) is 2.61. The average molecular weight is 223 g/mol. The quantitative estimate of drug-likeness (QED) is 0.781. The van der Waals surface area contributed by atoms with Crippen molar-refractivity contribution in [2.45, 2.75) is 33.2 Å². The van der Waals surface area contributed by atoms with E-state index in [0.717, 1.165) is 11.3 Å². The van der Waals surface area contributed by atoms with Gasteiger partial charge in [0.25, 0.3) is 0 Å².